The van der Waals surface area contributed by atoms with E-state index in [9.17, 15) is 4.79 Å². The number of carbonyl (C=O) groups is 1. The lowest BCUT2D eigenvalue weighted by Gasteiger charge is -2.40. The van der Waals surface area contributed by atoms with Crippen LogP contribution < -0.4 is 4.74 Å². The van der Waals surface area contributed by atoms with Gasteiger partial charge in [0.2, 0.25) is 0 Å². The monoisotopic (exact) mass is 278 g/mol. The van der Waals surface area contributed by atoms with E-state index in [0.29, 0.717) is 19.0 Å². The minimum absolute atomic E-state index is 0.248. The van der Waals surface area contributed by atoms with Crippen LogP contribution in [0.15, 0.2) is 12.4 Å². The van der Waals surface area contributed by atoms with Gasteiger partial charge < -0.3 is 14.4 Å². The number of carbonyl (C=O) groups excluding carboxylic acids is 1. The van der Waals surface area contributed by atoms with E-state index >= 15 is 0 Å². The first-order chi connectivity index (χ1) is 9.31. The van der Waals surface area contributed by atoms with Gasteiger partial charge in [-0.15, -0.1) is 0 Å². The van der Waals surface area contributed by atoms with Gasteiger partial charge in [0.25, 0.3) is 0 Å². The Morgan fingerprint density at radius 2 is 2.00 bits per heavy atom. The Bertz CT molecular complexity index is 502. The smallest absolute Gasteiger partial charge is 0.410 e. The second kappa shape index (κ2) is 5.31. The molecule has 1 fully saturated rings. The summed E-state index contributed by atoms with van der Waals surface area (Å²) in [5, 5.41) is 0. The van der Waals surface area contributed by atoms with Gasteiger partial charge in [-0.3, -0.25) is 4.98 Å². The van der Waals surface area contributed by atoms with Gasteiger partial charge in [0, 0.05) is 25.2 Å². The average Bonchev–Trinajstić information content (AvgIpc) is 2.27. The van der Waals surface area contributed by atoms with Crippen LogP contribution in [0.2, 0.25) is 0 Å². The highest BCUT2D eigenvalue weighted by Crippen LogP contribution is 2.32. The van der Waals surface area contributed by atoms with Crippen molar-refractivity contribution < 1.29 is 14.3 Å². The van der Waals surface area contributed by atoms with E-state index in [4.69, 9.17) is 9.47 Å². The van der Waals surface area contributed by atoms with Crippen molar-refractivity contribution in [1.29, 1.82) is 0 Å². The molecule has 1 aromatic heterocycles. The van der Waals surface area contributed by atoms with E-state index in [1.165, 1.54) is 0 Å². The molecule has 0 aliphatic carbocycles. The quantitative estimate of drug-likeness (QED) is 0.834. The van der Waals surface area contributed by atoms with Crippen LogP contribution in [-0.2, 0) is 4.74 Å². The molecule has 110 valence electrons. The number of amides is 1. The van der Waals surface area contributed by atoms with Crippen molar-refractivity contribution >= 4 is 6.09 Å². The summed E-state index contributed by atoms with van der Waals surface area (Å²) < 4.78 is 10.6. The first kappa shape index (κ1) is 14.6. The molecule has 1 saturated heterocycles. The predicted octanol–water partition coefficient (Wildman–Crippen LogP) is 2.73. The van der Waals surface area contributed by atoms with E-state index in [-0.39, 0.29) is 6.09 Å². The van der Waals surface area contributed by atoms with E-state index in [0.717, 1.165) is 16.9 Å². The third-order valence-corrected chi connectivity index (χ3v) is 3.40. The molecule has 0 N–H and O–H groups in total. The van der Waals surface area contributed by atoms with Crippen molar-refractivity contribution in [1.82, 2.24) is 9.88 Å². The van der Waals surface area contributed by atoms with Crippen molar-refractivity contribution in [3.05, 3.63) is 23.5 Å². The number of nitrogens with zero attached hydrogens (tertiary/aromatic N) is 2. The van der Waals surface area contributed by atoms with Crippen molar-refractivity contribution in [3.63, 3.8) is 0 Å². The van der Waals surface area contributed by atoms with Gasteiger partial charge in [-0.1, -0.05) is 0 Å². The van der Waals surface area contributed by atoms with E-state index in [2.05, 4.69) is 4.98 Å². The topological polar surface area (TPSA) is 51.7 Å². The third-order valence-electron chi connectivity index (χ3n) is 3.40. The number of pyridine rings is 1. The van der Waals surface area contributed by atoms with Crippen LogP contribution in [0.3, 0.4) is 0 Å². The van der Waals surface area contributed by atoms with Crippen LogP contribution in [0.1, 0.15) is 37.8 Å². The van der Waals surface area contributed by atoms with Gasteiger partial charge in [0.05, 0.1) is 13.3 Å². The highest BCUT2D eigenvalue weighted by molar-refractivity contribution is 5.69. The predicted molar refractivity (Wildman–Crippen MR) is 76.1 cm³/mol. The molecule has 5 nitrogen and oxygen atoms in total. The van der Waals surface area contributed by atoms with Gasteiger partial charge >= 0.3 is 6.09 Å². The molecule has 20 heavy (non-hydrogen) atoms. The van der Waals surface area contributed by atoms with Crippen LogP contribution in [0.5, 0.6) is 5.75 Å². The fraction of sp³-hybridized carbons (Fsp3) is 0.600. The molecule has 0 aromatic carbocycles. The first-order valence-electron chi connectivity index (χ1n) is 6.78. The molecule has 1 aromatic rings. The molecule has 1 amide bonds. The number of hydrogen-bond acceptors (Lipinski definition) is 4. The van der Waals surface area contributed by atoms with Gasteiger partial charge in [-0.05, 0) is 38.8 Å². The van der Waals surface area contributed by atoms with Gasteiger partial charge in [0.1, 0.15) is 11.4 Å². The zero-order chi connectivity index (χ0) is 14.9. The Hall–Kier alpha value is -1.78. The summed E-state index contributed by atoms with van der Waals surface area (Å²) in [6.45, 7) is 8.98. The number of rotatable bonds is 2. The lowest BCUT2D eigenvalue weighted by molar-refractivity contribution is 0.00810. The van der Waals surface area contributed by atoms with Crippen LogP contribution in [0, 0.1) is 6.92 Å². The second-order valence-corrected chi connectivity index (χ2v) is 6.14. The molecule has 2 rings (SSSR count). The third kappa shape index (κ3) is 3.03. The molecule has 0 atom stereocenters. The summed E-state index contributed by atoms with van der Waals surface area (Å²) >= 11 is 0. The first-order valence-corrected chi connectivity index (χ1v) is 6.78. The Labute approximate surface area is 119 Å². The SMILES string of the molecule is COc1cncc(C2CN(C(=O)OC(C)(C)C)C2)c1C. The molecule has 0 unspecified atom stereocenters. The number of likely N-dealkylation sites (tertiary alicyclic amines) is 1. The van der Waals surface area contributed by atoms with Gasteiger partial charge in [0.15, 0.2) is 0 Å². The van der Waals surface area contributed by atoms with Gasteiger partial charge in [-0.25, -0.2) is 4.79 Å². The number of hydrogen-bond donors (Lipinski definition) is 0. The Morgan fingerprint density at radius 3 is 2.55 bits per heavy atom. The largest absolute Gasteiger partial charge is 0.495 e. The highest BCUT2D eigenvalue weighted by atomic mass is 16.6. The van der Waals surface area contributed by atoms with E-state index in [1.54, 1.807) is 18.2 Å². The minimum Gasteiger partial charge on any atom is -0.495 e. The molecule has 0 bridgehead atoms. The molecule has 0 saturated carbocycles. The summed E-state index contributed by atoms with van der Waals surface area (Å²) in [4.78, 5) is 17.8. The zero-order valence-corrected chi connectivity index (χ0v) is 12.8. The standard InChI is InChI=1S/C15H22N2O3/c1-10-12(6-16-7-13(10)19-5)11-8-17(9-11)14(18)20-15(2,3)4/h6-7,11H,8-9H2,1-5H3. The molecule has 1 aliphatic rings. The fourth-order valence-electron chi connectivity index (χ4n) is 2.29. The van der Waals surface area contributed by atoms with E-state index in [1.807, 2.05) is 33.9 Å². The molecule has 1 aliphatic heterocycles. The van der Waals surface area contributed by atoms with Crippen LogP contribution in [0.25, 0.3) is 0 Å². The molecule has 0 spiro atoms. The molecular weight excluding hydrogens is 256 g/mol. The van der Waals surface area contributed by atoms with E-state index < -0.39 is 5.60 Å². The van der Waals surface area contributed by atoms with Crippen LogP contribution >= 0.6 is 0 Å². The normalized spacial score (nSPS) is 15.8. The molecule has 5 heteroatoms. The van der Waals surface area contributed by atoms with Crippen molar-refractivity contribution in [2.24, 2.45) is 0 Å². The molecular formula is C15H22N2O3. The summed E-state index contributed by atoms with van der Waals surface area (Å²) in [5.41, 5.74) is 1.79. The van der Waals surface area contributed by atoms with Crippen LogP contribution in [-0.4, -0.2) is 41.8 Å². The number of aromatic nitrogens is 1. The zero-order valence-electron chi connectivity index (χ0n) is 12.8. The minimum atomic E-state index is -0.449. The summed E-state index contributed by atoms with van der Waals surface area (Å²) in [7, 11) is 1.64. The maximum absolute atomic E-state index is 11.9. The highest BCUT2D eigenvalue weighted by Gasteiger charge is 2.35. The average molecular weight is 278 g/mol. The maximum atomic E-state index is 11.9. The van der Waals surface area contributed by atoms with Crippen molar-refractivity contribution in [3.8, 4) is 5.75 Å². The van der Waals surface area contributed by atoms with Crippen molar-refractivity contribution in [2.45, 2.75) is 39.2 Å². The molecule has 0 radical (unpaired) electrons. The lowest BCUT2D eigenvalue weighted by Crippen LogP contribution is -2.50. The van der Waals surface area contributed by atoms with Crippen LogP contribution in [0.4, 0.5) is 4.79 Å². The summed E-state index contributed by atoms with van der Waals surface area (Å²) in [6, 6.07) is 0. The Kier molecular flexibility index (Phi) is 3.88. The molecule has 2 heterocycles. The summed E-state index contributed by atoms with van der Waals surface area (Å²) in [6.07, 6.45) is 3.32. The number of ether oxygens (including phenoxy) is 2. The van der Waals surface area contributed by atoms with Crippen molar-refractivity contribution in [2.75, 3.05) is 20.2 Å². The summed E-state index contributed by atoms with van der Waals surface area (Å²) in [5.74, 6) is 1.10. The van der Waals surface area contributed by atoms with Gasteiger partial charge in [-0.2, -0.15) is 0 Å². The fourth-order valence-corrected chi connectivity index (χ4v) is 2.29. The Balaban J connectivity index is 1.99. The Morgan fingerprint density at radius 1 is 1.35 bits per heavy atom. The number of methoxy groups -OCH3 is 1. The second-order valence-electron chi connectivity index (χ2n) is 6.14. The lowest BCUT2D eigenvalue weighted by atomic mass is 9.90. The maximum Gasteiger partial charge on any atom is 0.410 e.